The number of anilines is 1. The number of nitrogens with one attached hydrogen (secondary N) is 2. The third-order valence-electron chi connectivity index (χ3n) is 3.52. The molecule has 3 aromatic rings. The highest BCUT2D eigenvalue weighted by molar-refractivity contribution is 7.13. The molecule has 7 heteroatoms. The van der Waals surface area contributed by atoms with E-state index in [0.717, 1.165) is 41.9 Å². The Labute approximate surface area is 137 Å². The molecule has 0 unspecified atom stereocenters. The van der Waals surface area contributed by atoms with E-state index in [-0.39, 0.29) is 5.82 Å². The van der Waals surface area contributed by atoms with Gasteiger partial charge in [0, 0.05) is 23.1 Å². The van der Waals surface area contributed by atoms with Crippen molar-refractivity contribution < 1.29 is 4.39 Å². The van der Waals surface area contributed by atoms with Crippen molar-refractivity contribution in [3.8, 4) is 11.3 Å². The number of nitrogen functional groups attached to an aromatic ring is 1. The molecule has 0 amide bonds. The lowest BCUT2D eigenvalue weighted by Crippen LogP contribution is -2.15. The molecule has 4 N–H and O–H groups in total. The van der Waals surface area contributed by atoms with Crippen LogP contribution in [-0.2, 0) is 13.0 Å². The minimum atomic E-state index is -0.240. The Kier molecular flexibility index (Phi) is 4.99. The van der Waals surface area contributed by atoms with Gasteiger partial charge in [0.25, 0.3) is 0 Å². The normalized spacial score (nSPS) is 11.0. The van der Waals surface area contributed by atoms with Crippen molar-refractivity contribution in [2.24, 2.45) is 0 Å². The van der Waals surface area contributed by atoms with Gasteiger partial charge in [-0.1, -0.05) is 0 Å². The number of benzene rings is 1. The van der Waals surface area contributed by atoms with Crippen LogP contribution in [-0.4, -0.2) is 21.7 Å². The van der Waals surface area contributed by atoms with E-state index < -0.39 is 0 Å². The monoisotopic (exact) mass is 331 g/mol. The van der Waals surface area contributed by atoms with Crippen LogP contribution in [0.25, 0.3) is 11.3 Å². The minimum Gasteiger partial charge on any atom is -0.375 e. The second kappa shape index (κ2) is 7.34. The third-order valence-corrected chi connectivity index (χ3v) is 4.24. The van der Waals surface area contributed by atoms with Gasteiger partial charge >= 0.3 is 0 Å². The van der Waals surface area contributed by atoms with E-state index in [2.05, 4.69) is 20.5 Å². The van der Waals surface area contributed by atoms with Crippen LogP contribution in [0.5, 0.6) is 0 Å². The highest BCUT2D eigenvalue weighted by Crippen LogP contribution is 2.21. The van der Waals surface area contributed by atoms with Crippen LogP contribution < -0.4 is 11.1 Å². The van der Waals surface area contributed by atoms with E-state index >= 15 is 0 Å². The molecule has 0 aliphatic rings. The number of aromatic amines is 1. The Morgan fingerprint density at radius 3 is 2.83 bits per heavy atom. The molecule has 2 aromatic heterocycles. The summed E-state index contributed by atoms with van der Waals surface area (Å²) in [6.07, 6.45) is 3.70. The topological polar surface area (TPSA) is 79.6 Å². The van der Waals surface area contributed by atoms with Gasteiger partial charge in [0.2, 0.25) is 0 Å². The molecule has 0 saturated carbocycles. The fourth-order valence-corrected chi connectivity index (χ4v) is 2.96. The van der Waals surface area contributed by atoms with E-state index in [1.54, 1.807) is 18.3 Å². The molecule has 23 heavy (non-hydrogen) atoms. The zero-order chi connectivity index (χ0) is 16.1. The number of H-pyrrole nitrogens is 1. The van der Waals surface area contributed by atoms with Crippen LogP contribution in [0.2, 0.25) is 0 Å². The predicted molar refractivity (Wildman–Crippen MR) is 90.5 cm³/mol. The van der Waals surface area contributed by atoms with Crippen LogP contribution in [0.3, 0.4) is 0 Å². The SMILES string of the molecule is Nc1nc(CCCNCc2cn[nH]c2-c2ccc(F)cc2)cs1. The molecule has 2 heterocycles. The summed E-state index contributed by atoms with van der Waals surface area (Å²) < 4.78 is 13.0. The molecule has 0 spiro atoms. The van der Waals surface area contributed by atoms with E-state index in [4.69, 9.17) is 5.73 Å². The maximum Gasteiger partial charge on any atom is 0.180 e. The Bertz CT molecular complexity index is 750. The summed E-state index contributed by atoms with van der Waals surface area (Å²) in [5.41, 5.74) is 9.57. The number of thiazole rings is 1. The zero-order valence-electron chi connectivity index (χ0n) is 12.6. The van der Waals surface area contributed by atoms with Gasteiger partial charge in [0.1, 0.15) is 5.82 Å². The lowest BCUT2D eigenvalue weighted by Gasteiger charge is -2.05. The average Bonchev–Trinajstić information content (AvgIpc) is 3.17. The molecule has 3 rings (SSSR count). The summed E-state index contributed by atoms with van der Waals surface area (Å²) in [7, 11) is 0. The molecule has 5 nitrogen and oxygen atoms in total. The lowest BCUT2D eigenvalue weighted by molar-refractivity contribution is 0.628. The first kappa shape index (κ1) is 15.6. The van der Waals surface area contributed by atoms with Crippen LogP contribution in [0, 0.1) is 5.82 Å². The van der Waals surface area contributed by atoms with Crippen LogP contribution >= 0.6 is 11.3 Å². The Morgan fingerprint density at radius 1 is 1.26 bits per heavy atom. The summed E-state index contributed by atoms with van der Waals surface area (Å²) in [4.78, 5) is 4.24. The third kappa shape index (κ3) is 4.14. The van der Waals surface area contributed by atoms with E-state index in [1.165, 1.54) is 23.5 Å². The number of nitrogens with zero attached hydrogens (tertiary/aromatic N) is 2. The number of rotatable bonds is 7. The first-order chi connectivity index (χ1) is 11.2. The van der Waals surface area contributed by atoms with Crippen molar-refractivity contribution in [1.29, 1.82) is 0 Å². The number of hydrogen-bond donors (Lipinski definition) is 3. The minimum absolute atomic E-state index is 0.240. The highest BCUT2D eigenvalue weighted by atomic mass is 32.1. The molecule has 120 valence electrons. The molecule has 0 aliphatic heterocycles. The molecule has 0 fully saturated rings. The Balaban J connectivity index is 1.49. The molecular formula is C16H18FN5S. The first-order valence-corrected chi connectivity index (χ1v) is 8.29. The fraction of sp³-hybridized carbons (Fsp3) is 0.250. The molecule has 0 saturated heterocycles. The first-order valence-electron chi connectivity index (χ1n) is 7.41. The van der Waals surface area contributed by atoms with Crippen molar-refractivity contribution in [1.82, 2.24) is 20.5 Å². The summed E-state index contributed by atoms with van der Waals surface area (Å²) in [6, 6.07) is 6.40. The average molecular weight is 331 g/mol. The van der Waals surface area contributed by atoms with Gasteiger partial charge in [0.15, 0.2) is 5.13 Å². The predicted octanol–water partition coefficient (Wildman–Crippen LogP) is 2.98. The summed E-state index contributed by atoms with van der Waals surface area (Å²) in [5.74, 6) is -0.240. The van der Waals surface area contributed by atoms with Gasteiger partial charge in [-0.15, -0.1) is 11.3 Å². The summed E-state index contributed by atoms with van der Waals surface area (Å²) in [6.45, 7) is 1.59. The standard InChI is InChI=1S/C16H18FN5S/c17-13-5-3-11(4-6-13)15-12(9-20-22-15)8-19-7-1-2-14-10-23-16(18)21-14/h3-6,9-10,19H,1-2,7-8H2,(H2,18,21)(H,20,22). The molecular weight excluding hydrogens is 313 g/mol. The van der Waals surface area contributed by atoms with Crippen LogP contribution in [0.4, 0.5) is 9.52 Å². The van der Waals surface area contributed by atoms with Gasteiger partial charge in [0.05, 0.1) is 17.6 Å². The number of aromatic nitrogens is 3. The highest BCUT2D eigenvalue weighted by Gasteiger charge is 2.07. The smallest absolute Gasteiger partial charge is 0.180 e. The van der Waals surface area contributed by atoms with Crippen molar-refractivity contribution in [2.75, 3.05) is 12.3 Å². The molecule has 0 aliphatic carbocycles. The van der Waals surface area contributed by atoms with Crippen molar-refractivity contribution in [2.45, 2.75) is 19.4 Å². The Hall–Kier alpha value is -2.25. The van der Waals surface area contributed by atoms with Gasteiger partial charge < -0.3 is 11.1 Å². The number of aryl methyl sites for hydroxylation is 1. The largest absolute Gasteiger partial charge is 0.375 e. The van der Waals surface area contributed by atoms with Crippen molar-refractivity contribution >= 4 is 16.5 Å². The second-order valence-electron chi connectivity index (χ2n) is 5.23. The summed E-state index contributed by atoms with van der Waals surface area (Å²) >= 11 is 1.47. The van der Waals surface area contributed by atoms with Gasteiger partial charge in [-0.05, 0) is 43.7 Å². The molecule has 0 bridgehead atoms. The van der Waals surface area contributed by atoms with Crippen LogP contribution in [0.15, 0.2) is 35.8 Å². The molecule has 0 radical (unpaired) electrons. The second-order valence-corrected chi connectivity index (χ2v) is 6.12. The number of hydrogen-bond acceptors (Lipinski definition) is 5. The molecule has 1 aromatic carbocycles. The van der Waals surface area contributed by atoms with Crippen LogP contribution in [0.1, 0.15) is 17.7 Å². The van der Waals surface area contributed by atoms with Crippen molar-refractivity contribution in [3.05, 3.63) is 52.9 Å². The van der Waals surface area contributed by atoms with Gasteiger partial charge in [-0.3, -0.25) is 5.10 Å². The zero-order valence-corrected chi connectivity index (χ0v) is 13.4. The lowest BCUT2D eigenvalue weighted by atomic mass is 10.1. The Morgan fingerprint density at radius 2 is 2.09 bits per heavy atom. The van der Waals surface area contributed by atoms with E-state index in [1.807, 2.05) is 5.38 Å². The maximum atomic E-state index is 13.0. The van der Waals surface area contributed by atoms with Crippen molar-refractivity contribution in [3.63, 3.8) is 0 Å². The number of nitrogens with two attached hydrogens (primary N) is 1. The molecule has 0 atom stereocenters. The quantitative estimate of drug-likeness (QED) is 0.582. The summed E-state index contributed by atoms with van der Waals surface area (Å²) in [5, 5.41) is 13.1. The van der Waals surface area contributed by atoms with E-state index in [0.29, 0.717) is 11.7 Å². The maximum absolute atomic E-state index is 13.0. The fourth-order valence-electron chi connectivity index (χ4n) is 2.37. The van der Waals surface area contributed by atoms with E-state index in [9.17, 15) is 4.39 Å². The van der Waals surface area contributed by atoms with Gasteiger partial charge in [-0.25, -0.2) is 9.37 Å². The number of halogens is 1. The van der Waals surface area contributed by atoms with Gasteiger partial charge in [-0.2, -0.15) is 5.10 Å².